The van der Waals surface area contributed by atoms with Crippen LogP contribution in [0.2, 0.25) is 0 Å². The second-order valence-corrected chi connectivity index (χ2v) is 5.06. The molecular formula is C11H25NO2. The van der Waals surface area contributed by atoms with Gasteiger partial charge in [0.15, 0.2) is 0 Å². The Labute approximate surface area is 87.5 Å². The highest BCUT2D eigenvalue weighted by molar-refractivity contribution is 4.76. The molecule has 0 aliphatic carbocycles. The van der Waals surface area contributed by atoms with Crippen molar-refractivity contribution in [3.63, 3.8) is 0 Å². The van der Waals surface area contributed by atoms with Crippen LogP contribution in [-0.4, -0.2) is 35.5 Å². The highest BCUT2D eigenvalue weighted by atomic mass is 16.3. The van der Waals surface area contributed by atoms with Crippen LogP contribution in [0, 0.1) is 5.41 Å². The summed E-state index contributed by atoms with van der Waals surface area (Å²) in [5.74, 6) is 0. The standard InChI is InChI=1S/C11H25NO2/c1-9(6-5-7-13)12-8-10(14)11(2,3)4/h9-10,12-14H,5-8H2,1-4H3. The molecule has 86 valence electrons. The molecule has 0 amide bonds. The van der Waals surface area contributed by atoms with Gasteiger partial charge in [0.1, 0.15) is 0 Å². The Balaban J connectivity index is 3.61. The zero-order valence-electron chi connectivity index (χ0n) is 9.88. The lowest BCUT2D eigenvalue weighted by molar-refractivity contribution is 0.0605. The van der Waals surface area contributed by atoms with Crippen LogP contribution in [0.15, 0.2) is 0 Å². The van der Waals surface area contributed by atoms with E-state index in [1.807, 2.05) is 20.8 Å². The number of hydrogen-bond acceptors (Lipinski definition) is 3. The van der Waals surface area contributed by atoms with Crippen molar-refractivity contribution in [3.8, 4) is 0 Å². The van der Waals surface area contributed by atoms with Crippen LogP contribution in [0.1, 0.15) is 40.5 Å². The van der Waals surface area contributed by atoms with Gasteiger partial charge in [-0.05, 0) is 25.2 Å². The summed E-state index contributed by atoms with van der Waals surface area (Å²) < 4.78 is 0. The van der Waals surface area contributed by atoms with Gasteiger partial charge in [0.05, 0.1) is 6.10 Å². The third-order valence-corrected chi connectivity index (χ3v) is 2.45. The minimum absolute atomic E-state index is 0.0658. The summed E-state index contributed by atoms with van der Waals surface area (Å²) in [6.07, 6.45) is 1.45. The molecule has 0 saturated carbocycles. The van der Waals surface area contributed by atoms with E-state index in [0.29, 0.717) is 12.6 Å². The molecule has 0 aromatic rings. The van der Waals surface area contributed by atoms with E-state index >= 15 is 0 Å². The largest absolute Gasteiger partial charge is 0.396 e. The normalized spacial score (nSPS) is 16.7. The molecule has 0 aliphatic heterocycles. The lowest BCUT2D eigenvalue weighted by Gasteiger charge is -2.27. The van der Waals surface area contributed by atoms with Gasteiger partial charge in [-0.3, -0.25) is 0 Å². The molecule has 0 fully saturated rings. The van der Waals surface area contributed by atoms with E-state index in [2.05, 4.69) is 12.2 Å². The van der Waals surface area contributed by atoms with Crippen molar-refractivity contribution in [1.82, 2.24) is 5.32 Å². The molecule has 0 aromatic heterocycles. The zero-order valence-corrected chi connectivity index (χ0v) is 9.88. The number of aliphatic hydroxyl groups is 2. The summed E-state index contributed by atoms with van der Waals surface area (Å²) in [4.78, 5) is 0. The van der Waals surface area contributed by atoms with E-state index in [1.165, 1.54) is 0 Å². The first kappa shape index (κ1) is 13.9. The summed E-state index contributed by atoms with van der Waals surface area (Å²) in [6, 6.07) is 0.360. The predicted octanol–water partition coefficient (Wildman–Crippen LogP) is 1.14. The van der Waals surface area contributed by atoms with Crippen LogP contribution in [0.25, 0.3) is 0 Å². The van der Waals surface area contributed by atoms with Crippen LogP contribution in [0.3, 0.4) is 0 Å². The maximum atomic E-state index is 9.75. The second kappa shape index (κ2) is 6.38. The Morgan fingerprint density at radius 2 is 1.86 bits per heavy atom. The molecule has 0 spiro atoms. The van der Waals surface area contributed by atoms with Crippen molar-refractivity contribution in [2.24, 2.45) is 5.41 Å². The molecular weight excluding hydrogens is 178 g/mol. The van der Waals surface area contributed by atoms with Gasteiger partial charge in [-0.15, -0.1) is 0 Å². The van der Waals surface area contributed by atoms with E-state index in [4.69, 9.17) is 5.11 Å². The minimum Gasteiger partial charge on any atom is -0.396 e. The Morgan fingerprint density at radius 3 is 2.29 bits per heavy atom. The predicted molar refractivity (Wildman–Crippen MR) is 59.2 cm³/mol. The molecule has 0 rings (SSSR count). The molecule has 3 nitrogen and oxygen atoms in total. The summed E-state index contributed by atoms with van der Waals surface area (Å²) in [6.45, 7) is 9.02. The van der Waals surface area contributed by atoms with E-state index in [-0.39, 0.29) is 18.1 Å². The van der Waals surface area contributed by atoms with Crippen molar-refractivity contribution < 1.29 is 10.2 Å². The topological polar surface area (TPSA) is 52.5 Å². The van der Waals surface area contributed by atoms with Crippen LogP contribution < -0.4 is 5.32 Å². The maximum absolute atomic E-state index is 9.75. The summed E-state index contributed by atoms with van der Waals surface area (Å²) in [7, 11) is 0. The molecule has 2 atom stereocenters. The number of hydrogen-bond donors (Lipinski definition) is 3. The van der Waals surface area contributed by atoms with Crippen LogP contribution in [-0.2, 0) is 0 Å². The fourth-order valence-electron chi connectivity index (χ4n) is 1.12. The van der Waals surface area contributed by atoms with E-state index in [1.54, 1.807) is 0 Å². The third kappa shape index (κ3) is 6.35. The Morgan fingerprint density at radius 1 is 1.29 bits per heavy atom. The van der Waals surface area contributed by atoms with Crippen molar-refractivity contribution in [2.75, 3.05) is 13.2 Å². The summed E-state index contributed by atoms with van der Waals surface area (Å²) in [5.41, 5.74) is -0.0658. The number of rotatable bonds is 6. The molecule has 0 radical (unpaired) electrons. The molecule has 14 heavy (non-hydrogen) atoms. The fraction of sp³-hybridized carbons (Fsp3) is 1.00. The molecule has 0 saturated heterocycles. The van der Waals surface area contributed by atoms with E-state index in [0.717, 1.165) is 12.8 Å². The molecule has 0 aromatic carbocycles. The van der Waals surface area contributed by atoms with Crippen LogP contribution >= 0.6 is 0 Å². The highest BCUT2D eigenvalue weighted by Gasteiger charge is 2.21. The van der Waals surface area contributed by atoms with Crippen molar-refractivity contribution in [2.45, 2.75) is 52.7 Å². The lowest BCUT2D eigenvalue weighted by atomic mass is 9.89. The van der Waals surface area contributed by atoms with Crippen molar-refractivity contribution in [1.29, 1.82) is 0 Å². The molecule has 3 heteroatoms. The van der Waals surface area contributed by atoms with E-state index in [9.17, 15) is 5.11 Å². The number of aliphatic hydroxyl groups excluding tert-OH is 2. The Bertz CT molecular complexity index is 143. The quantitative estimate of drug-likeness (QED) is 0.607. The zero-order chi connectivity index (χ0) is 11.2. The average Bonchev–Trinajstić information content (AvgIpc) is 2.09. The van der Waals surface area contributed by atoms with Gasteiger partial charge in [0.25, 0.3) is 0 Å². The van der Waals surface area contributed by atoms with Gasteiger partial charge in [-0.25, -0.2) is 0 Å². The van der Waals surface area contributed by atoms with Gasteiger partial charge in [0, 0.05) is 19.2 Å². The fourth-order valence-corrected chi connectivity index (χ4v) is 1.12. The monoisotopic (exact) mass is 203 g/mol. The Hall–Kier alpha value is -0.120. The van der Waals surface area contributed by atoms with Gasteiger partial charge < -0.3 is 15.5 Å². The third-order valence-electron chi connectivity index (χ3n) is 2.45. The highest BCUT2D eigenvalue weighted by Crippen LogP contribution is 2.18. The Kier molecular flexibility index (Phi) is 6.33. The summed E-state index contributed by atoms with van der Waals surface area (Å²) in [5, 5.41) is 21.7. The van der Waals surface area contributed by atoms with Crippen molar-refractivity contribution >= 4 is 0 Å². The molecule has 0 bridgehead atoms. The van der Waals surface area contributed by atoms with Crippen LogP contribution in [0.4, 0.5) is 0 Å². The molecule has 0 heterocycles. The smallest absolute Gasteiger partial charge is 0.0712 e. The first-order valence-corrected chi connectivity index (χ1v) is 5.40. The maximum Gasteiger partial charge on any atom is 0.0712 e. The molecule has 3 N–H and O–H groups in total. The van der Waals surface area contributed by atoms with Gasteiger partial charge in [-0.2, -0.15) is 0 Å². The first-order valence-electron chi connectivity index (χ1n) is 5.40. The van der Waals surface area contributed by atoms with E-state index < -0.39 is 0 Å². The minimum atomic E-state index is -0.320. The summed E-state index contributed by atoms with van der Waals surface area (Å²) >= 11 is 0. The average molecular weight is 203 g/mol. The van der Waals surface area contributed by atoms with Crippen molar-refractivity contribution in [3.05, 3.63) is 0 Å². The second-order valence-electron chi connectivity index (χ2n) is 5.06. The molecule has 2 unspecified atom stereocenters. The van der Waals surface area contributed by atoms with Gasteiger partial charge in [-0.1, -0.05) is 20.8 Å². The van der Waals surface area contributed by atoms with Gasteiger partial charge >= 0.3 is 0 Å². The lowest BCUT2D eigenvalue weighted by Crippen LogP contribution is -2.40. The SMILES string of the molecule is CC(CCCO)NCC(O)C(C)(C)C. The first-order chi connectivity index (χ1) is 6.38. The number of nitrogens with one attached hydrogen (secondary N) is 1. The molecule has 0 aliphatic rings. The van der Waals surface area contributed by atoms with Gasteiger partial charge in [0.2, 0.25) is 0 Å². The van der Waals surface area contributed by atoms with Crippen LogP contribution in [0.5, 0.6) is 0 Å².